The Bertz CT molecular complexity index is 788. The number of nitrogens with zero attached hydrogens (tertiary/aromatic N) is 3. The summed E-state index contributed by atoms with van der Waals surface area (Å²) in [5.74, 6) is -1.91. The number of ether oxygens (including phenoxy) is 1. The van der Waals surface area contributed by atoms with Gasteiger partial charge in [0, 0.05) is 24.8 Å². The van der Waals surface area contributed by atoms with Gasteiger partial charge in [-0.3, -0.25) is 9.48 Å². The fourth-order valence-corrected chi connectivity index (χ4v) is 3.17. The molecule has 1 saturated heterocycles. The molecule has 0 unspecified atom stereocenters. The van der Waals surface area contributed by atoms with E-state index in [9.17, 15) is 13.6 Å². The summed E-state index contributed by atoms with van der Waals surface area (Å²) in [7, 11) is 1.83. The molecule has 1 aliphatic heterocycles. The number of aromatic nitrogens is 2. The third-order valence-electron chi connectivity index (χ3n) is 4.45. The van der Waals surface area contributed by atoms with Crippen molar-refractivity contribution in [2.45, 2.75) is 19.9 Å². The zero-order valence-corrected chi connectivity index (χ0v) is 13.8. The second-order valence-corrected chi connectivity index (χ2v) is 5.92. The zero-order chi connectivity index (χ0) is 17.4. The van der Waals surface area contributed by atoms with Crippen molar-refractivity contribution < 1.29 is 18.3 Å². The van der Waals surface area contributed by atoms with Crippen molar-refractivity contribution in [3.63, 3.8) is 0 Å². The van der Waals surface area contributed by atoms with Crippen molar-refractivity contribution in [3.05, 3.63) is 52.3 Å². The molecule has 0 aliphatic carbocycles. The van der Waals surface area contributed by atoms with Gasteiger partial charge in [-0.05, 0) is 32.0 Å². The van der Waals surface area contributed by atoms with E-state index in [-0.39, 0.29) is 11.6 Å². The van der Waals surface area contributed by atoms with Gasteiger partial charge in [0.25, 0.3) is 5.91 Å². The number of halogens is 2. The van der Waals surface area contributed by atoms with Crippen LogP contribution in [-0.4, -0.2) is 40.3 Å². The maximum absolute atomic E-state index is 14.0. The fraction of sp³-hybridized carbons (Fsp3) is 0.412. The summed E-state index contributed by atoms with van der Waals surface area (Å²) >= 11 is 0. The average molecular weight is 335 g/mol. The lowest BCUT2D eigenvalue weighted by molar-refractivity contribution is -0.00330. The van der Waals surface area contributed by atoms with E-state index in [0.29, 0.717) is 19.8 Å². The van der Waals surface area contributed by atoms with Crippen LogP contribution in [0.3, 0.4) is 0 Å². The highest BCUT2D eigenvalue weighted by Gasteiger charge is 2.34. The average Bonchev–Trinajstić information content (AvgIpc) is 2.81. The smallest absolute Gasteiger partial charge is 0.257 e. The normalized spacial score (nSPS) is 18.0. The molecule has 0 saturated carbocycles. The summed E-state index contributed by atoms with van der Waals surface area (Å²) < 4.78 is 34.7. The molecule has 1 aromatic heterocycles. The van der Waals surface area contributed by atoms with E-state index in [1.165, 1.54) is 0 Å². The number of aryl methyl sites for hydroxylation is 2. The molecule has 2 heterocycles. The Morgan fingerprint density at radius 3 is 2.75 bits per heavy atom. The Kier molecular flexibility index (Phi) is 4.36. The molecule has 0 N–H and O–H groups in total. The van der Waals surface area contributed by atoms with Crippen molar-refractivity contribution >= 4 is 5.91 Å². The second kappa shape index (κ2) is 6.32. The molecule has 24 heavy (non-hydrogen) atoms. The van der Waals surface area contributed by atoms with Crippen LogP contribution in [0, 0.1) is 25.5 Å². The number of hydrogen-bond acceptors (Lipinski definition) is 3. The summed E-state index contributed by atoms with van der Waals surface area (Å²) in [5, 5.41) is 4.37. The minimum absolute atomic E-state index is 0.263. The van der Waals surface area contributed by atoms with Crippen LogP contribution in [0.5, 0.6) is 0 Å². The standard InChI is InChI=1S/C17H19F2N3O2/c1-10-16(11(2)21(3)20-10)15-9-24-7-6-22(15)17(23)13-8-12(18)4-5-14(13)19/h4-5,8,15H,6-7,9H2,1-3H3/t15-/m1/s1. The number of rotatable bonds is 2. The number of carbonyl (C=O) groups excluding carboxylic acids is 1. The van der Waals surface area contributed by atoms with Gasteiger partial charge in [0.2, 0.25) is 0 Å². The highest BCUT2D eigenvalue weighted by molar-refractivity contribution is 5.95. The lowest BCUT2D eigenvalue weighted by Crippen LogP contribution is -2.44. The summed E-state index contributed by atoms with van der Waals surface area (Å²) in [5.41, 5.74) is 2.34. The van der Waals surface area contributed by atoms with E-state index in [4.69, 9.17) is 4.74 Å². The summed E-state index contributed by atoms with van der Waals surface area (Å²) in [6.07, 6.45) is 0. The first-order valence-electron chi connectivity index (χ1n) is 7.74. The Hall–Kier alpha value is -2.28. The van der Waals surface area contributed by atoms with Gasteiger partial charge in [-0.15, -0.1) is 0 Å². The van der Waals surface area contributed by atoms with E-state index in [2.05, 4.69) is 5.10 Å². The molecular weight excluding hydrogens is 316 g/mol. The Morgan fingerprint density at radius 2 is 2.08 bits per heavy atom. The third kappa shape index (κ3) is 2.80. The first kappa shape index (κ1) is 16.6. The van der Waals surface area contributed by atoms with Crippen molar-refractivity contribution in [1.82, 2.24) is 14.7 Å². The van der Waals surface area contributed by atoms with Crippen LogP contribution >= 0.6 is 0 Å². The first-order chi connectivity index (χ1) is 11.4. The van der Waals surface area contributed by atoms with Gasteiger partial charge in [-0.25, -0.2) is 8.78 Å². The lowest BCUT2D eigenvalue weighted by Gasteiger charge is -2.36. The number of amides is 1. The number of hydrogen-bond donors (Lipinski definition) is 0. The van der Waals surface area contributed by atoms with Gasteiger partial charge in [-0.1, -0.05) is 0 Å². The van der Waals surface area contributed by atoms with E-state index in [1.807, 2.05) is 20.9 Å². The summed E-state index contributed by atoms with van der Waals surface area (Å²) in [4.78, 5) is 14.4. The molecule has 0 spiro atoms. The van der Waals surface area contributed by atoms with Gasteiger partial charge in [-0.2, -0.15) is 5.10 Å². The molecule has 0 radical (unpaired) electrons. The van der Waals surface area contributed by atoms with Crippen LogP contribution < -0.4 is 0 Å². The lowest BCUT2D eigenvalue weighted by atomic mass is 10.0. The molecule has 5 nitrogen and oxygen atoms in total. The van der Waals surface area contributed by atoms with Crippen LogP contribution in [0.2, 0.25) is 0 Å². The van der Waals surface area contributed by atoms with Gasteiger partial charge < -0.3 is 9.64 Å². The minimum atomic E-state index is -0.730. The quantitative estimate of drug-likeness (QED) is 0.847. The maximum atomic E-state index is 14.0. The Labute approximate surface area is 138 Å². The minimum Gasteiger partial charge on any atom is -0.377 e. The van der Waals surface area contributed by atoms with Gasteiger partial charge in [0.05, 0.1) is 30.5 Å². The van der Waals surface area contributed by atoms with Crippen molar-refractivity contribution in [2.75, 3.05) is 19.8 Å². The van der Waals surface area contributed by atoms with E-state index in [0.717, 1.165) is 35.2 Å². The molecule has 128 valence electrons. The molecule has 1 fully saturated rings. The number of morpholine rings is 1. The van der Waals surface area contributed by atoms with E-state index in [1.54, 1.807) is 9.58 Å². The van der Waals surface area contributed by atoms with Gasteiger partial charge >= 0.3 is 0 Å². The number of carbonyl (C=O) groups is 1. The van der Waals surface area contributed by atoms with Crippen molar-refractivity contribution in [2.24, 2.45) is 7.05 Å². The van der Waals surface area contributed by atoms with E-state index >= 15 is 0 Å². The maximum Gasteiger partial charge on any atom is 0.257 e. The largest absolute Gasteiger partial charge is 0.377 e. The second-order valence-electron chi connectivity index (χ2n) is 5.92. The highest BCUT2D eigenvalue weighted by Crippen LogP contribution is 2.30. The Balaban J connectivity index is 2.01. The third-order valence-corrected chi connectivity index (χ3v) is 4.45. The van der Waals surface area contributed by atoms with Crippen LogP contribution in [-0.2, 0) is 11.8 Å². The van der Waals surface area contributed by atoms with Crippen LogP contribution in [0.25, 0.3) is 0 Å². The molecular formula is C17H19F2N3O2. The SMILES string of the molecule is Cc1nn(C)c(C)c1[C@H]1COCCN1C(=O)c1cc(F)ccc1F. The van der Waals surface area contributed by atoms with Crippen molar-refractivity contribution in [1.29, 1.82) is 0 Å². The zero-order valence-electron chi connectivity index (χ0n) is 13.8. The monoisotopic (exact) mass is 335 g/mol. The number of benzene rings is 1. The van der Waals surface area contributed by atoms with Gasteiger partial charge in [0.15, 0.2) is 0 Å². The molecule has 3 rings (SSSR count). The molecule has 0 bridgehead atoms. The van der Waals surface area contributed by atoms with Crippen LogP contribution in [0.15, 0.2) is 18.2 Å². The molecule has 1 amide bonds. The molecule has 7 heteroatoms. The molecule has 1 aliphatic rings. The van der Waals surface area contributed by atoms with Crippen LogP contribution in [0.4, 0.5) is 8.78 Å². The predicted molar refractivity (Wildman–Crippen MR) is 83.6 cm³/mol. The fourth-order valence-electron chi connectivity index (χ4n) is 3.17. The Morgan fingerprint density at radius 1 is 1.33 bits per heavy atom. The first-order valence-corrected chi connectivity index (χ1v) is 7.74. The molecule has 1 atom stereocenters. The van der Waals surface area contributed by atoms with Crippen LogP contribution in [0.1, 0.15) is 33.4 Å². The van der Waals surface area contributed by atoms with E-state index < -0.39 is 17.5 Å². The predicted octanol–water partition coefficient (Wildman–Crippen LogP) is 2.53. The summed E-state index contributed by atoms with van der Waals surface area (Å²) in [6.45, 7) is 4.75. The molecule has 2 aromatic rings. The van der Waals surface area contributed by atoms with Crippen molar-refractivity contribution in [3.8, 4) is 0 Å². The summed E-state index contributed by atoms with van der Waals surface area (Å²) in [6, 6.07) is 2.53. The highest BCUT2D eigenvalue weighted by atomic mass is 19.1. The molecule has 1 aromatic carbocycles. The topological polar surface area (TPSA) is 47.4 Å². The van der Waals surface area contributed by atoms with Gasteiger partial charge in [0.1, 0.15) is 11.6 Å².